The number of fused-ring (bicyclic) bond motifs is 1. The number of aromatic nitrogens is 1. The van der Waals surface area contributed by atoms with E-state index in [9.17, 15) is 19.5 Å². The first kappa shape index (κ1) is 23.4. The number of nitrogens with zero attached hydrogens (tertiary/aromatic N) is 2. The first-order valence-corrected chi connectivity index (χ1v) is 13.2. The highest BCUT2D eigenvalue weighted by Gasteiger charge is 2.70. The van der Waals surface area contributed by atoms with Gasteiger partial charge in [0.05, 0.1) is 22.2 Å². The Hall–Kier alpha value is -1.81. The molecule has 2 amide bonds. The van der Waals surface area contributed by atoms with Gasteiger partial charge in [-0.2, -0.15) is 0 Å². The van der Waals surface area contributed by atoms with Crippen LogP contribution < -0.4 is 11.1 Å². The van der Waals surface area contributed by atoms with E-state index >= 15 is 0 Å². The third-order valence-electron chi connectivity index (χ3n) is 7.28. The van der Waals surface area contributed by atoms with Crippen LogP contribution in [0, 0.1) is 5.92 Å². The number of carboxylic acid groups (broad SMARTS) is 1. The summed E-state index contributed by atoms with van der Waals surface area (Å²) in [5.41, 5.74) is 5.21. The van der Waals surface area contributed by atoms with Crippen LogP contribution in [-0.2, 0) is 14.4 Å². The minimum absolute atomic E-state index is 0.184. The molecule has 2 saturated heterocycles. The number of carbonyl (C=O) groups is 3. The van der Waals surface area contributed by atoms with E-state index in [1.807, 2.05) is 0 Å². The zero-order valence-electron chi connectivity index (χ0n) is 18.6. The van der Waals surface area contributed by atoms with Gasteiger partial charge in [0.15, 0.2) is 5.13 Å². The molecule has 1 aliphatic carbocycles. The number of hydrogen-bond donors (Lipinski definition) is 3. The molecule has 0 aromatic carbocycles. The molecule has 1 aromatic rings. The van der Waals surface area contributed by atoms with Crippen LogP contribution in [0.25, 0.3) is 0 Å². The Labute approximate surface area is 196 Å². The lowest BCUT2D eigenvalue weighted by atomic mass is 9.82. The number of nitrogens with one attached hydrogen (secondary N) is 1. The van der Waals surface area contributed by atoms with E-state index in [4.69, 9.17) is 5.73 Å². The van der Waals surface area contributed by atoms with Crippen molar-refractivity contribution in [2.75, 3.05) is 5.73 Å². The molecule has 8 nitrogen and oxygen atoms in total. The number of thioether (sulfide) groups is 1. The van der Waals surface area contributed by atoms with Gasteiger partial charge in [-0.05, 0) is 45.4 Å². The number of carboxylic acids is 1. The van der Waals surface area contributed by atoms with Crippen molar-refractivity contribution < 1.29 is 19.5 Å². The van der Waals surface area contributed by atoms with E-state index in [1.54, 1.807) is 13.8 Å². The van der Waals surface area contributed by atoms with Crippen molar-refractivity contribution in [2.45, 2.75) is 93.3 Å². The second-order valence-corrected chi connectivity index (χ2v) is 12.4. The highest BCUT2D eigenvalue weighted by atomic mass is 32.2. The van der Waals surface area contributed by atoms with Crippen LogP contribution in [0.4, 0.5) is 5.13 Å². The molecule has 3 fully saturated rings. The van der Waals surface area contributed by atoms with Crippen LogP contribution in [0.15, 0.2) is 5.38 Å². The van der Waals surface area contributed by atoms with Gasteiger partial charge in [-0.3, -0.25) is 14.5 Å². The molecule has 4 N–H and O–H groups in total. The van der Waals surface area contributed by atoms with Crippen LogP contribution in [0.5, 0.6) is 0 Å². The van der Waals surface area contributed by atoms with Gasteiger partial charge >= 0.3 is 5.97 Å². The van der Waals surface area contributed by atoms with Gasteiger partial charge < -0.3 is 16.2 Å². The number of anilines is 1. The Balaban J connectivity index is 1.36. The van der Waals surface area contributed by atoms with Crippen LogP contribution in [0.3, 0.4) is 0 Å². The summed E-state index contributed by atoms with van der Waals surface area (Å²) in [5.74, 6) is -0.849. The van der Waals surface area contributed by atoms with Crippen molar-refractivity contribution in [3.8, 4) is 0 Å². The van der Waals surface area contributed by atoms with Crippen molar-refractivity contribution in [2.24, 2.45) is 5.92 Å². The third-order valence-corrected chi connectivity index (χ3v) is 9.50. The molecule has 4 atom stereocenters. The summed E-state index contributed by atoms with van der Waals surface area (Å²) in [5, 5.41) is 15.3. The molecule has 3 heterocycles. The maximum Gasteiger partial charge on any atom is 0.352 e. The number of hydrogen-bond acceptors (Lipinski definition) is 7. The van der Waals surface area contributed by atoms with E-state index in [0.717, 1.165) is 50.6 Å². The van der Waals surface area contributed by atoms with E-state index in [1.165, 1.54) is 28.0 Å². The quantitative estimate of drug-likeness (QED) is 0.532. The molecule has 1 unspecified atom stereocenters. The van der Waals surface area contributed by atoms with Crippen LogP contribution in [0.1, 0.15) is 83.2 Å². The van der Waals surface area contributed by atoms with Gasteiger partial charge in [0.2, 0.25) is 17.5 Å². The second kappa shape index (κ2) is 8.85. The van der Waals surface area contributed by atoms with Crippen molar-refractivity contribution in [1.29, 1.82) is 0 Å². The predicted octanol–water partition coefficient (Wildman–Crippen LogP) is 3.54. The fourth-order valence-corrected chi connectivity index (χ4v) is 7.79. The summed E-state index contributed by atoms with van der Waals surface area (Å²) >= 11 is 2.93. The molecular weight excluding hydrogens is 448 g/mol. The summed E-state index contributed by atoms with van der Waals surface area (Å²) in [6.07, 6.45) is 7.82. The van der Waals surface area contributed by atoms with Crippen LogP contribution in [0.2, 0.25) is 0 Å². The van der Waals surface area contributed by atoms with Crippen LogP contribution in [-0.4, -0.2) is 48.6 Å². The van der Waals surface area contributed by atoms with Gasteiger partial charge in [-0.25, -0.2) is 9.78 Å². The second-order valence-electron chi connectivity index (χ2n) is 9.69. The van der Waals surface area contributed by atoms with E-state index in [2.05, 4.69) is 15.7 Å². The van der Waals surface area contributed by atoms with Gasteiger partial charge in [0.1, 0.15) is 0 Å². The van der Waals surface area contributed by atoms with Crippen molar-refractivity contribution >= 4 is 46.0 Å². The lowest BCUT2D eigenvalue weighted by Crippen LogP contribution is -2.75. The molecule has 1 aromatic heterocycles. The normalized spacial score (nSPS) is 31.9. The summed E-state index contributed by atoms with van der Waals surface area (Å²) in [6.45, 7) is 3.58. The van der Waals surface area contributed by atoms with Gasteiger partial charge in [-0.1, -0.05) is 19.3 Å². The first-order valence-electron chi connectivity index (χ1n) is 11.4. The zero-order valence-corrected chi connectivity index (χ0v) is 20.3. The largest absolute Gasteiger partial charge is 0.478 e. The predicted molar refractivity (Wildman–Crippen MR) is 125 cm³/mol. The molecular formula is C22H32N4O4S2. The molecule has 10 heteroatoms. The Morgan fingerprint density at radius 1 is 1.28 bits per heavy atom. The van der Waals surface area contributed by atoms with E-state index in [-0.39, 0.29) is 23.6 Å². The standard InChI is InChI=1S/C22H32N4O4S2/c1-21(2)22(19(29)30,26-17(28)11-18(26)32-21)25-16(27)10-8-13-5-3-4-6-14(9-7-13)15-12-31-20(23)24-15/h12-14,18H,3-11H2,1-2H3,(H2,23,24)(H,25,27)(H,29,30)/t13?,14-,18+,22-/m0/s1. The number of amides is 2. The van der Waals surface area contributed by atoms with Crippen molar-refractivity contribution in [3.05, 3.63) is 11.1 Å². The number of nitrogens with two attached hydrogens (primary N) is 1. The van der Waals surface area contributed by atoms with Gasteiger partial charge in [0, 0.05) is 17.7 Å². The molecule has 4 rings (SSSR count). The maximum absolute atomic E-state index is 12.9. The topological polar surface area (TPSA) is 126 Å². The average molecular weight is 481 g/mol. The minimum Gasteiger partial charge on any atom is -0.478 e. The number of nitrogen functional groups attached to an aromatic ring is 1. The Bertz CT molecular complexity index is 904. The zero-order chi connectivity index (χ0) is 23.1. The number of carbonyl (C=O) groups excluding carboxylic acids is 2. The molecule has 32 heavy (non-hydrogen) atoms. The molecule has 0 bridgehead atoms. The fourth-order valence-electron chi connectivity index (χ4n) is 5.45. The number of aliphatic carboxylic acids is 1. The summed E-state index contributed by atoms with van der Waals surface area (Å²) in [6, 6.07) is 0. The molecule has 3 aliphatic rings. The number of β-lactam (4-membered cyclic amide) rings is 1. The summed E-state index contributed by atoms with van der Waals surface area (Å²) < 4.78 is -0.811. The third kappa shape index (κ3) is 4.11. The summed E-state index contributed by atoms with van der Waals surface area (Å²) in [7, 11) is 0. The van der Waals surface area contributed by atoms with Gasteiger partial charge in [-0.15, -0.1) is 23.1 Å². The highest BCUT2D eigenvalue weighted by Crippen LogP contribution is 2.55. The first-order chi connectivity index (χ1) is 15.1. The molecule has 176 valence electrons. The van der Waals surface area contributed by atoms with E-state index < -0.39 is 16.4 Å². The number of thiazole rings is 1. The lowest BCUT2D eigenvalue weighted by Gasteiger charge is -2.46. The maximum atomic E-state index is 12.9. The van der Waals surface area contributed by atoms with Crippen LogP contribution >= 0.6 is 23.1 Å². The molecule has 0 spiro atoms. The average Bonchev–Trinajstić information content (AvgIpc) is 3.18. The minimum atomic E-state index is -1.69. The van der Waals surface area contributed by atoms with E-state index in [0.29, 0.717) is 23.4 Å². The van der Waals surface area contributed by atoms with Crippen molar-refractivity contribution in [3.63, 3.8) is 0 Å². The van der Waals surface area contributed by atoms with Gasteiger partial charge in [0.25, 0.3) is 0 Å². The SMILES string of the molecule is CC1(C)S[C@@H]2CC(=O)N2[C@@]1(NC(=O)CCC1CCCC[C@H](c2csc(N)n2)CC1)C(=O)O. The molecule has 0 radical (unpaired) electrons. The highest BCUT2D eigenvalue weighted by molar-refractivity contribution is 8.01. The molecule has 2 aliphatic heterocycles. The lowest BCUT2D eigenvalue weighted by molar-refractivity contribution is -0.173. The number of rotatable bonds is 6. The Kier molecular flexibility index (Phi) is 6.46. The smallest absolute Gasteiger partial charge is 0.352 e. The Morgan fingerprint density at radius 2 is 2.03 bits per heavy atom. The summed E-state index contributed by atoms with van der Waals surface area (Å²) in [4.78, 5) is 43.3. The Morgan fingerprint density at radius 3 is 2.69 bits per heavy atom. The monoisotopic (exact) mass is 480 g/mol. The fraction of sp³-hybridized carbons (Fsp3) is 0.727. The molecule has 1 saturated carbocycles. The van der Waals surface area contributed by atoms with Crippen molar-refractivity contribution in [1.82, 2.24) is 15.2 Å².